The third-order valence-corrected chi connectivity index (χ3v) is 9.87. The Labute approximate surface area is 290 Å². The van der Waals surface area contributed by atoms with Gasteiger partial charge >= 0.3 is 0 Å². The molecule has 0 saturated carbocycles. The van der Waals surface area contributed by atoms with E-state index in [0.717, 1.165) is 82.4 Å². The third-order valence-electron chi connectivity index (χ3n) is 9.87. The zero-order valence-electron chi connectivity index (χ0n) is 27.1. The lowest BCUT2D eigenvalue weighted by atomic mass is 10.0. The van der Waals surface area contributed by atoms with Gasteiger partial charge < -0.3 is 4.42 Å². The molecule has 11 rings (SSSR count). The topological polar surface area (TPSA) is 74.6 Å². The number of para-hydroxylation sites is 2. The fourth-order valence-electron chi connectivity index (χ4n) is 7.54. The molecule has 0 unspecified atom stereocenters. The van der Waals surface area contributed by atoms with Crippen molar-refractivity contribution in [3.05, 3.63) is 158 Å². The molecule has 7 nitrogen and oxygen atoms in total. The first-order valence-corrected chi connectivity index (χ1v) is 16.9. The average Bonchev–Trinajstić information content (AvgIpc) is 3.90. The Hall–Kier alpha value is -7.12. The van der Waals surface area contributed by atoms with Gasteiger partial charge in [-0.2, -0.15) is 9.97 Å². The molecule has 7 aromatic carbocycles. The maximum Gasteiger partial charge on any atom is 0.238 e. The minimum atomic E-state index is 0.570. The average molecular weight is 655 g/mol. The van der Waals surface area contributed by atoms with Crippen LogP contribution in [0, 0.1) is 0 Å². The van der Waals surface area contributed by atoms with Gasteiger partial charge in [-0.15, -0.1) is 0 Å². The number of aromatic nitrogens is 6. The predicted octanol–water partition coefficient (Wildman–Crippen LogP) is 10.7. The van der Waals surface area contributed by atoms with E-state index in [1.165, 1.54) is 0 Å². The van der Waals surface area contributed by atoms with Gasteiger partial charge in [-0.1, -0.05) is 103 Å². The van der Waals surface area contributed by atoms with Crippen molar-refractivity contribution in [3.63, 3.8) is 0 Å². The van der Waals surface area contributed by atoms with Gasteiger partial charge in [0.25, 0.3) is 0 Å². The van der Waals surface area contributed by atoms with Crippen LogP contribution in [0.3, 0.4) is 0 Å². The van der Waals surface area contributed by atoms with Crippen molar-refractivity contribution >= 4 is 65.6 Å². The Morgan fingerprint density at radius 1 is 0.451 bits per heavy atom. The summed E-state index contributed by atoms with van der Waals surface area (Å²) in [4.78, 5) is 20.1. The number of benzene rings is 7. The smallest absolute Gasteiger partial charge is 0.238 e. The number of rotatable bonds is 4. The molecule has 0 radical (unpaired) electrons. The first-order chi connectivity index (χ1) is 25.3. The number of hydrogen-bond donors (Lipinski definition) is 0. The maximum atomic E-state index is 6.10. The minimum absolute atomic E-state index is 0.570. The Morgan fingerprint density at radius 3 is 1.88 bits per heavy atom. The molecule has 0 spiro atoms. The Kier molecular flexibility index (Phi) is 5.83. The lowest BCUT2D eigenvalue weighted by Gasteiger charge is -2.11. The van der Waals surface area contributed by atoms with Gasteiger partial charge in [0, 0.05) is 43.7 Å². The molecule has 11 aromatic rings. The Bertz CT molecular complexity index is 3080. The lowest BCUT2D eigenvalue weighted by Crippen LogP contribution is -2.06. The van der Waals surface area contributed by atoms with Crippen LogP contribution in [0.5, 0.6) is 0 Å². The summed E-state index contributed by atoms with van der Waals surface area (Å²) in [6, 6.07) is 51.9. The second-order valence-electron chi connectivity index (χ2n) is 12.7. The minimum Gasteiger partial charge on any atom is -0.456 e. The Balaban J connectivity index is 1.14. The summed E-state index contributed by atoms with van der Waals surface area (Å²) in [5, 5.41) is 6.66. The molecule has 0 aliphatic heterocycles. The van der Waals surface area contributed by atoms with Crippen LogP contribution >= 0.6 is 0 Å². The molecule has 51 heavy (non-hydrogen) atoms. The van der Waals surface area contributed by atoms with Crippen molar-refractivity contribution < 1.29 is 4.42 Å². The molecular formula is C44H26N6O. The van der Waals surface area contributed by atoms with Crippen LogP contribution in [0.2, 0.25) is 0 Å². The highest BCUT2D eigenvalue weighted by molar-refractivity contribution is 6.24. The monoisotopic (exact) mass is 654 g/mol. The van der Waals surface area contributed by atoms with Crippen molar-refractivity contribution in [2.24, 2.45) is 0 Å². The second kappa shape index (κ2) is 10.7. The largest absolute Gasteiger partial charge is 0.456 e. The van der Waals surface area contributed by atoms with Crippen LogP contribution in [-0.2, 0) is 0 Å². The fraction of sp³-hybridized carbons (Fsp3) is 0. The number of fused-ring (bicyclic) bond motifs is 10. The van der Waals surface area contributed by atoms with Crippen molar-refractivity contribution in [2.45, 2.75) is 0 Å². The predicted molar refractivity (Wildman–Crippen MR) is 204 cm³/mol. The molecule has 0 amide bonds. The summed E-state index contributed by atoms with van der Waals surface area (Å²) in [5.41, 5.74) is 8.69. The van der Waals surface area contributed by atoms with Crippen LogP contribution in [0.25, 0.3) is 100.0 Å². The SMILES string of the molecule is c1ccc(-c2nc(-c3ccccc3)nc(-n3c4ccccc4c4c5ccc6c(ncn6-c6ccc7oc8ccccc8c7c6)c5ccc43)n2)cc1. The molecular weight excluding hydrogens is 629 g/mol. The van der Waals surface area contributed by atoms with Gasteiger partial charge in [-0.25, -0.2) is 9.97 Å². The normalized spacial score (nSPS) is 11.9. The zero-order valence-corrected chi connectivity index (χ0v) is 27.1. The lowest BCUT2D eigenvalue weighted by molar-refractivity contribution is 0.669. The van der Waals surface area contributed by atoms with E-state index >= 15 is 0 Å². The van der Waals surface area contributed by atoms with Crippen LogP contribution < -0.4 is 0 Å². The summed E-state index contributed by atoms with van der Waals surface area (Å²) < 4.78 is 10.4. The van der Waals surface area contributed by atoms with E-state index in [4.69, 9.17) is 24.4 Å². The number of furan rings is 1. The van der Waals surface area contributed by atoms with E-state index in [0.29, 0.717) is 17.6 Å². The van der Waals surface area contributed by atoms with Gasteiger partial charge in [-0.05, 0) is 53.9 Å². The van der Waals surface area contributed by atoms with E-state index in [1.54, 1.807) is 0 Å². The van der Waals surface area contributed by atoms with Gasteiger partial charge in [0.05, 0.1) is 22.1 Å². The second-order valence-corrected chi connectivity index (χ2v) is 12.7. The van der Waals surface area contributed by atoms with Crippen LogP contribution in [0.4, 0.5) is 0 Å². The maximum absolute atomic E-state index is 6.10. The molecule has 0 atom stereocenters. The van der Waals surface area contributed by atoms with Crippen molar-refractivity contribution in [1.82, 2.24) is 29.1 Å². The van der Waals surface area contributed by atoms with E-state index in [9.17, 15) is 0 Å². The highest BCUT2D eigenvalue weighted by Gasteiger charge is 2.20. The van der Waals surface area contributed by atoms with Gasteiger partial charge in [0.1, 0.15) is 17.5 Å². The molecule has 0 aliphatic rings. The molecule has 0 aliphatic carbocycles. The van der Waals surface area contributed by atoms with E-state index in [-0.39, 0.29) is 0 Å². The van der Waals surface area contributed by atoms with E-state index < -0.39 is 0 Å². The molecule has 0 saturated heterocycles. The fourth-order valence-corrected chi connectivity index (χ4v) is 7.54. The highest BCUT2D eigenvalue weighted by atomic mass is 16.3. The van der Waals surface area contributed by atoms with Crippen molar-refractivity contribution in [2.75, 3.05) is 0 Å². The molecule has 4 aromatic heterocycles. The van der Waals surface area contributed by atoms with Gasteiger partial charge in [-0.3, -0.25) is 9.13 Å². The molecule has 7 heteroatoms. The third kappa shape index (κ3) is 4.18. The Morgan fingerprint density at radius 2 is 1.10 bits per heavy atom. The van der Waals surface area contributed by atoms with Crippen LogP contribution in [0.15, 0.2) is 162 Å². The summed E-state index contributed by atoms with van der Waals surface area (Å²) >= 11 is 0. The number of nitrogens with zero attached hydrogens (tertiary/aromatic N) is 6. The summed E-state index contributed by atoms with van der Waals surface area (Å²) in [6.45, 7) is 0. The molecule has 0 fully saturated rings. The zero-order chi connectivity index (χ0) is 33.5. The van der Waals surface area contributed by atoms with Crippen LogP contribution in [-0.4, -0.2) is 29.1 Å². The molecule has 0 bridgehead atoms. The van der Waals surface area contributed by atoms with Gasteiger partial charge in [0.15, 0.2) is 11.6 Å². The number of imidazole rings is 1. The van der Waals surface area contributed by atoms with Gasteiger partial charge in [0.2, 0.25) is 5.95 Å². The van der Waals surface area contributed by atoms with Crippen molar-refractivity contribution in [3.8, 4) is 34.4 Å². The number of hydrogen-bond acceptors (Lipinski definition) is 5. The summed E-state index contributed by atoms with van der Waals surface area (Å²) in [6.07, 6.45) is 1.92. The standard InChI is InChI=1S/C44H26N6O/c1-3-11-27(12-4-1)42-46-43(28-13-5-2-6-14-28)48-44(47-42)50-35-17-9-7-16-33(35)40-31-20-23-37-41(32(31)21-22-36(40)50)45-26-49(37)29-19-24-39-34(25-29)30-15-8-10-18-38(30)51-39/h1-26H. The first kappa shape index (κ1) is 27.8. The summed E-state index contributed by atoms with van der Waals surface area (Å²) in [7, 11) is 0. The quantitative estimate of drug-likeness (QED) is 0.189. The van der Waals surface area contributed by atoms with Crippen LogP contribution in [0.1, 0.15) is 0 Å². The first-order valence-electron chi connectivity index (χ1n) is 16.9. The summed E-state index contributed by atoms with van der Waals surface area (Å²) in [5.74, 6) is 1.82. The van der Waals surface area contributed by atoms with Crippen molar-refractivity contribution in [1.29, 1.82) is 0 Å². The molecule has 238 valence electrons. The van der Waals surface area contributed by atoms with E-state index in [1.807, 2.05) is 91.3 Å². The molecule has 0 N–H and O–H groups in total. The molecule has 4 heterocycles. The van der Waals surface area contributed by atoms with E-state index in [2.05, 4.69) is 75.9 Å². The highest BCUT2D eigenvalue weighted by Crippen LogP contribution is 2.39.